The van der Waals surface area contributed by atoms with Gasteiger partial charge >= 0.3 is 24.0 Å². The van der Waals surface area contributed by atoms with E-state index in [0.29, 0.717) is 4.47 Å². The fourth-order valence-corrected chi connectivity index (χ4v) is 3.21. The number of esters is 1. The number of alkyl halides is 7. The molecule has 0 fully saturated rings. The van der Waals surface area contributed by atoms with Crippen LogP contribution in [0.25, 0.3) is 22.6 Å². The van der Waals surface area contributed by atoms with E-state index in [1.54, 1.807) is 0 Å². The smallest absolute Gasteiger partial charge is 0.460 e. The molecule has 180 valence electrons. The molecule has 0 N–H and O–H groups in total. The average molecular weight is 551 g/mol. The highest BCUT2D eigenvalue weighted by atomic mass is 79.9. The molecule has 0 unspecified atom stereocenters. The van der Waals surface area contributed by atoms with Crippen molar-refractivity contribution in [2.45, 2.75) is 24.9 Å². The third-order valence-corrected chi connectivity index (χ3v) is 5.11. The Labute approximate surface area is 196 Å². The molecule has 1 aromatic heterocycles. The lowest BCUT2D eigenvalue weighted by Gasteiger charge is -2.29. The second-order valence-electron chi connectivity index (χ2n) is 6.86. The van der Waals surface area contributed by atoms with E-state index in [0.717, 1.165) is 0 Å². The highest BCUT2D eigenvalue weighted by Crippen LogP contribution is 2.53. The zero-order valence-corrected chi connectivity index (χ0v) is 18.7. The normalized spacial score (nSPS) is 12.5. The third kappa shape index (κ3) is 4.63. The third-order valence-electron chi connectivity index (χ3n) is 4.59. The lowest BCUT2D eigenvalue weighted by atomic mass is 9.97. The molecule has 2 aromatic carbocycles. The molecule has 0 radical (unpaired) electrons. The van der Waals surface area contributed by atoms with Crippen LogP contribution < -0.4 is 0 Å². The maximum Gasteiger partial charge on any atom is 0.460 e. The van der Waals surface area contributed by atoms with Crippen molar-refractivity contribution in [3.05, 3.63) is 70.3 Å². The first kappa shape index (κ1) is 25.6. The first-order valence-corrected chi connectivity index (χ1v) is 10.3. The minimum Gasteiger partial charge on any atom is -0.462 e. The van der Waals surface area contributed by atoms with E-state index < -0.39 is 46.8 Å². The van der Waals surface area contributed by atoms with Gasteiger partial charge in [0.1, 0.15) is 11.3 Å². The largest absolute Gasteiger partial charge is 0.462 e. The molecule has 0 aliphatic heterocycles. The van der Waals surface area contributed by atoms with E-state index in [1.807, 2.05) is 0 Å². The van der Waals surface area contributed by atoms with Crippen molar-refractivity contribution in [3.8, 4) is 22.6 Å². The number of aromatic nitrogens is 2. The second-order valence-corrected chi connectivity index (χ2v) is 7.78. The monoisotopic (exact) mass is 550 g/mol. The van der Waals surface area contributed by atoms with Crippen molar-refractivity contribution in [2.24, 2.45) is 0 Å². The van der Waals surface area contributed by atoms with E-state index in [2.05, 4.69) is 25.9 Å². The van der Waals surface area contributed by atoms with Crippen LogP contribution in [0.3, 0.4) is 0 Å². The van der Waals surface area contributed by atoms with Gasteiger partial charge in [-0.05, 0) is 19.1 Å². The van der Waals surface area contributed by atoms with Crippen molar-refractivity contribution in [3.63, 3.8) is 0 Å². The van der Waals surface area contributed by atoms with E-state index in [9.17, 15) is 35.5 Å². The van der Waals surface area contributed by atoms with E-state index in [4.69, 9.17) is 4.74 Å². The number of carbonyl (C=O) groups is 1. The fraction of sp³-hybridized carbons (Fsp3) is 0.227. The van der Waals surface area contributed by atoms with Crippen molar-refractivity contribution >= 4 is 21.9 Å². The number of hydrogen-bond acceptors (Lipinski definition) is 4. The maximum absolute atomic E-state index is 15.0. The van der Waals surface area contributed by atoms with Gasteiger partial charge in [-0.1, -0.05) is 58.4 Å². The van der Waals surface area contributed by atoms with Crippen LogP contribution in [-0.4, -0.2) is 34.6 Å². The summed E-state index contributed by atoms with van der Waals surface area (Å²) in [5.74, 6) is -14.7. The molecular weight excluding hydrogens is 537 g/mol. The Morgan fingerprint density at radius 3 is 2.00 bits per heavy atom. The van der Waals surface area contributed by atoms with Gasteiger partial charge in [-0.3, -0.25) is 0 Å². The van der Waals surface area contributed by atoms with Gasteiger partial charge in [0.15, 0.2) is 5.82 Å². The SMILES string of the molecule is CCOC(=O)c1c(-c2ccccc2)nc(-c2ccc(Br)cc2)nc1C(F)(F)C(F)(F)C(F)(F)F. The molecule has 0 saturated heterocycles. The zero-order valence-electron chi connectivity index (χ0n) is 17.1. The maximum atomic E-state index is 15.0. The number of rotatable bonds is 6. The number of carbonyl (C=O) groups excluding carboxylic acids is 1. The molecule has 0 spiro atoms. The molecule has 3 rings (SSSR count). The Bertz CT molecular complexity index is 1180. The molecule has 0 aliphatic rings. The summed E-state index contributed by atoms with van der Waals surface area (Å²) in [6.07, 6.45) is -6.64. The Hall–Kier alpha value is -3.02. The molecule has 34 heavy (non-hydrogen) atoms. The van der Waals surface area contributed by atoms with E-state index in [-0.39, 0.29) is 17.7 Å². The van der Waals surface area contributed by atoms with E-state index in [1.165, 1.54) is 61.5 Å². The summed E-state index contributed by atoms with van der Waals surface area (Å²) in [7, 11) is 0. The van der Waals surface area contributed by atoms with Gasteiger partial charge in [-0.25, -0.2) is 14.8 Å². The van der Waals surface area contributed by atoms with Gasteiger partial charge in [0.25, 0.3) is 0 Å². The van der Waals surface area contributed by atoms with Crippen LogP contribution in [0.4, 0.5) is 30.7 Å². The quantitative estimate of drug-likeness (QED) is 0.244. The lowest BCUT2D eigenvalue weighted by molar-refractivity contribution is -0.360. The first-order valence-electron chi connectivity index (χ1n) is 9.54. The van der Waals surface area contributed by atoms with Gasteiger partial charge in [0.2, 0.25) is 0 Å². The molecule has 0 bridgehead atoms. The lowest BCUT2D eigenvalue weighted by Crippen LogP contribution is -2.51. The van der Waals surface area contributed by atoms with Crippen LogP contribution in [0.5, 0.6) is 0 Å². The standard InChI is InChI=1S/C22H14BrF7N2O2/c1-2-34-19(33)15-16(12-6-4-3-5-7-12)31-18(13-8-10-14(23)11-9-13)32-17(15)20(24,25)21(26,27)22(28,29)30/h3-11H,2H2,1H3. The van der Waals surface area contributed by atoms with Gasteiger partial charge in [-0.15, -0.1) is 0 Å². The summed E-state index contributed by atoms with van der Waals surface area (Å²) < 4.78 is 102. The van der Waals surface area contributed by atoms with Crippen molar-refractivity contribution in [2.75, 3.05) is 6.61 Å². The number of hydrogen-bond donors (Lipinski definition) is 0. The molecule has 4 nitrogen and oxygen atoms in total. The summed E-state index contributed by atoms with van der Waals surface area (Å²) in [6, 6.07) is 12.6. The number of benzene rings is 2. The molecular formula is C22H14BrF7N2O2. The summed E-state index contributed by atoms with van der Waals surface area (Å²) >= 11 is 3.17. The van der Waals surface area contributed by atoms with Crippen LogP contribution in [0.15, 0.2) is 59.1 Å². The molecule has 3 aromatic rings. The van der Waals surface area contributed by atoms with Gasteiger partial charge in [0.05, 0.1) is 12.3 Å². The molecule has 0 amide bonds. The minimum absolute atomic E-state index is 0.00121. The summed E-state index contributed by atoms with van der Waals surface area (Å²) in [6.45, 7) is 0.932. The van der Waals surface area contributed by atoms with Crippen LogP contribution in [0.2, 0.25) is 0 Å². The van der Waals surface area contributed by atoms with Crippen LogP contribution in [-0.2, 0) is 10.7 Å². The Morgan fingerprint density at radius 1 is 0.882 bits per heavy atom. The predicted molar refractivity (Wildman–Crippen MR) is 111 cm³/mol. The summed E-state index contributed by atoms with van der Waals surface area (Å²) in [4.78, 5) is 20.0. The predicted octanol–water partition coefficient (Wildman–Crippen LogP) is 7.04. The molecule has 1 heterocycles. The van der Waals surface area contributed by atoms with Crippen LogP contribution >= 0.6 is 15.9 Å². The minimum atomic E-state index is -6.64. The van der Waals surface area contributed by atoms with Gasteiger partial charge in [-0.2, -0.15) is 30.7 Å². The number of halogens is 8. The Balaban J connectivity index is 2.45. The highest BCUT2D eigenvalue weighted by molar-refractivity contribution is 9.10. The second kappa shape index (κ2) is 9.32. The van der Waals surface area contributed by atoms with Gasteiger partial charge < -0.3 is 4.74 Å². The zero-order chi connectivity index (χ0) is 25.3. The fourth-order valence-electron chi connectivity index (χ4n) is 2.94. The highest BCUT2D eigenvalue weighted by Gasteiger charge is 2.75. The van der Waals surface area contributed by atoms with Crippen molar-refractivity contribution in [1.29, 1.82) is 0 Å². The van der Waals surface area contributed by atoms with Crippen molar-refractivity contribution < 1.29 is 40.3 Å². The number of ether oxygens (including phenoxy) is 1. The van der Waals surface area contributed by atoms with Crippen LogP contribution in [0, 0.1) is 0 Å². The van der Waals surface area contributed by atoms with Gasteiger partial charge in [0, 0.05) is 15.6 Å². The Kier molecular flexibility index (Phi) is 7.02. The summed E-state index contributed by atoms with van der Waals surface area (Å²) in [5, 5.41) is 0. The van der Waals surface area contributed by atoms with E-state index >= 15 is 0 Å². The molecule has 0 atom stereocenters. The first-order chi connectivity index (χ1) is 15.8. The molecule has 0 aliphatic carbocycles. The Morgan fingerprint density at radius 2 is 1.47 bits per heavy atom. The van der Waals surface area contributed by atoms with Crippen molar-refractivity contribution in [1.82, 2.24) is 9.97 Å². The van der Waals surface area contributed by atoms with Crippen LogP contribution in [0.1, 0.15) is 23.0 Å². The topological polar surface area (TPSA) is 52.1 Å². The molecule has 0 saturated carbocycles. The summed E-state index contributed by atoms with van der Waals surface area (Å²) in [5.41, 5.74) is -3.94. The average Bonchev–Trinajstić information content (AvgIpc) is 2.78. The number of nitrogens with zero attached hydrogens (tertiary/aromatic N) is 2. The molecule has 12 heteroatoms.